The molecule has 1 aliphatic carbocycles. The monoisotopic (exact) mass is 373 g/mol. The van der Waals surface area contributed by atoms with Gasteiger partial charge in [-0.2, -0.15) is 0 Å². The average Bonchev–Trinajstić information content (AvgIpc) is 2.66. The summed E-state index contributed by atoms with van der Waals surface area (Å²) in [5.41, 5.74) is 4.61. The summed E-state index contributed by atoms with van der Waals surface area (Å²) in [6.07, 6.45) is 5.80. The number of nitrogens with one attached hydrogen (secondary N) is 1. The number of benzene rings is 1. The smallest absolute Gasteiger partial charge is 0.325 e. The van der Waals surface area contributed by atoms with Gasteiger partial charge in [-0.1, -0.05) is 52.3 Å². The third-order valence-electron chi connectivity index (χ3n) is 6.35. The summed E-state index contributed by atoms with van der Waals surface area (Å²) >= 11 is 0. The van der Waals surface area contributed by atoms with Crippen molar-refractivity contribution in [1.82, 2.24) is 5.32 Å². The molecular formula is C23H35NO3. The Hall–Kier alpha value is -1.84. The van der Waals surface area contributed by atoms with E-state index in [-0.39, 0.29) is 17.9 Å². The molecule has 2 atom stereocenters. The topological polar surface area (TPSA) is 55.4 Å². The van der Waals surface area contributed by atoms with Crippen LogP contribution in [-0.4, -0.2) is 25.5 Å². The van der Waals surface area contributed by atoms with Crippen LogP contribution < -0.4 is 5.32 Å². The lowest BCUT2D eigenvalue weighted by atomic mass is 9.62. The van der Waals surface area contributed by atoms with E-state index in [0.29, 0.717) is 18.3 Å². The normalized spacial score (nSPS) is 21.6. The first kappa shape index (κ1) is 21.5. The Kier molecular flexibility index (Phi) is 7.46. The molecule has 0 aromatic heterocycles. The third-order valence-corrected chi connectivity index (χ3v) is 6.35. The van der Waals surface area contributed by atoms with Gasteiger partial charge in [-0.05, 0) is 59.6 Å². The minimum Gasteiger partial charge on any atom is -0.468 e. The number of esters is 1. The highest BCUT2D eigenvalue weighted by Crippen LogP contribution is 2.45. The Bertz CT molecular complexity index is 668. The molecule has 0 fully saturated rings. The van der Waals surface area contributed by atoms with Gasteiger partial charge in [0.2, 0.25) is 5.91 Å². The SMILES string of the molecule is COC(=O)CNC(=O)CCCC[C@]1(C)c2ccc(C(C)C)cc2CC[C@H]1C. The number of hydrogen-bond acceptors (Lipinski definition) is 3. The number of hydrogen-bond donors (Lipinski definition) is 1. The van der Waals surface area contributed by atoms with E-state index in [4.69, 9.17) is 0 Å². The van der Waals surface area contributed by atoms with Gasteiger partial charge >= 0.3 is 5.97 Å². The van der Waals surface area contributed by atoms with Gasteiger partial charge in [0.05, 0.1) is 7.11 Å². The molecule has 0 heterocycles. The maximum atomic E-state index is 11.8. The number of unbranched alkanes of at least 4 members (excludes halogenated alkanes) is 1. The highest BCUT2D eigenvalue weighted by molar-refractivity contribution is 5.81. The summed E-state index contributed by atoms with van der Waals surface area (Å²) in [5, 5.41) is 2.61. The summed E-state index contributed by atoms with van der Waals surface area (Å²) in [4.78, 5) is 22.9. The first-order valence-electron chi connectivity index (χ1n) is 10.2. The van der Waals surface area contributed by atoms with Crippen LogP contribution in [0.3, 0.4) is 0 Å². The lowest BCUT2D eigenvalue weighted by molar-refractivity contribution is -0.141. The van der Waals surface area contributed by atoms with Gasteiger partial charge in [0.1, 0.15) is 6.54 Å². The second kappa shape index (κ2) is 9.38. The largest absolute Gasteiger partial charge is 0.468 e. The van der Waals surface area contributed by atoms with Crippen molar-refractivity contribution >= 4 is 11.9 Å². The van der Waals surface area contributed by atoms with Crippen molar-refractivity contribution in [2.75, 3.05) is 13.7 Å². The molecule has 150 valence electrons. The first-order chi connectivity index (χ1) is 12.8. The van der Waals surface area contributed by atoms with Gasteiger partial charge in [-0.15, -0.1) is 0 Å². The van der Waals surface area contributed by atoms with Crippen LogP contribution in [0, 0.1) is 5.92 Å². The number of aryl methyl sites for hydroxylation is 1. The Morgan fingerprint density at radius 2 is 2.04 bits per heavy atom. The number of fused-ring (bicyclic) bond motifs is 1. The Labute approximate surface area is 164 Å². The van der Waals surface area contributed by atoms with Crippen molar-refractivity contribution in [3.63, 3.8) is 0 Å². The predicted octanol–water partition coefficient (Wildman–Crippen LogP) is 4.50. The van der Waals surface area contributed by atoms with Gasteiger partial charge in [0.25, 0.3) is 0 Å². The van der Waals surface area contributed by atoms with E-state index in [2.05, 4.69) is 55.9 Å². The molecule has 27 heavy (non-hydrogen) atoms. The van der Waals surface area contributed by atoms with Gasteiger partial charge in [0, 0.05) is 6.42 Å². The molecule has 4 heteroatoms. The quantitative estimate of drug-likeness (QED) is 0.539. The molecule has 0 saturated carbocycles. The molecule has 0 bridgehead atoms. The lowest BCUT2D eigenvalue weighted by Gasteiger charge is -2.42. The maximum absolute atomic E-state index is 11.8. The molecule has 0 spiro atoms. The van der Waals surface area contributed by atoms with E-state index in [1.165, 1.54) is 36.6 Å². The van der Waals surface area contributed by atoms with Crippen LogP contribution >= 0.6 is 0 Å². The maximum Gasteiger partial charge on any atom is 0.325 e. The number of methoxy groups -OCH3 is 1. The van der Waals surface area contributed by atoms with E-state index >= 15 is 0 Å². The second-order valence-corrected chi connectivity index (χ2v) is 8.49. The average molecular weight is 374 g/mol. The summed E-state index contributed by atoms with van der Waals surface area (Å²) in [7, 11) is 1.32. The van der Waals surface area contributed by atoms with Crippen LogP contribution in [-0.2, 0) is 26.2 Å². The zero-order valence-electron chi connectivity index (χ0n) is 17.6. The van der Waals surface area contributed by atoms with E-state index < -0.39 is 5.97 Å². The van der Waals surface area contributed by atoms with Crippen molar-refractivity contribution in [3.05, 3.63) is 34.9 Å². The first-order valence-corrected chi connectivity index (χ1v) is 10.2. The zero-order valence-corrected chi connectivity index (χ0v) is 17.6. The molecule has 1 amide bonds. The summed E-state index contributed by atoms with van der Waals surface area (Å²) < 4.78 is 4.53. The second-order valence-electron chi connectivity index (χ2n) is 8.49. The van der Waals surface area contributed by atoms with E-state index in [1.807, 2.05) is 0 Å². The van der Waals surface area contributed by atoms with Crippen LogP contribution in [0.15, 0.2) is 18.2 Å². The fourth-order valence-electron chi connectivity index (χ4n) is 4.18. The molecule has 1 aliphatic rings. The number of carbonyl (C=O) groups excluding carboxylic acids is 2. The Morgan fingerprint density at radius 1 is 1.30 bits per heavy atom. The molecule has 4 nitrogen and oxygen atoms in total. The van der Waals surface area contributed by atoms with Crippen molar-refractivity contribution in [2.24, 2.45) is 5.92 Å². The molecule has 1 N–H and O–H groups in total. The number of amides is 1. The molecule has 0 saturated heterocycles. The minimum absolute atomic E-state index is 0.0460. The van der Waals surface area contributed by atoms with Crippen molar-refractivity contribution in [1.29, 1.82) is 0 Å². The minimum atomic E-state index is -0.413. The number of rotatable bonds is 8. The molecule has 2 rings (SSSR count). The predicted molar refractivity (Wildman–Crippen MR) is 109 cm³/mol. The summed E-state index contributed by atoms with van der Waals surface area (Å²) in [5.74, 6) is 0.709. The van der Waals surface area contributed by atoms with Crippen LogP contribution in [0.25, 0.3) is 0 Å². The van der Waals surface area contributed by atoms with Crippen LogP contribution in [0.4, 0.5) is 0 Å². The third kappa shape index (κ3) is 5.33. The van der Waals surface area contributed by atoms with Crippen LogP contribution in [0.1, 0.15) is 82.4 Å². The highest BCUT2D eigenvalue weighted by Gasteiger charge is 2.37. The van der Waals surface area contributed by atoms with Gasteiger partial charge < -0.3 is 10.1 Å². The fraction of sp³-hybridized carbons (Fsp3) is 0.652. The highest BCUT2D eigenvalue weighted by atomic mass is 16.5. The van der Waals surface area contributed by atoms with Crippen LogP contribution in [0.5, 0.6) is 0 Å². The molecule has 0 unspecified atom stereocenters. The summed E-state index contributed by atoms with van der Waals surface area (Å²) in [6.45, 7) is 9.20. The van der Waals surface area contributed by atoms with Gasteiger partial charge in [0.15, 0.2) is 0 Å². The fourth-order valence-corrected chi connectivity index (χ4v) is 4.18. The van der Waals surface area contributed by atoms with E-state index in [9.17, 15) is 9.59 Å². The Balaban J connectivity index is 1.94. The molecule has 1 aromatic carbocycles. The van der Waals surface area contributed by atoms with Crippen molar-refractivity contribution in [3.8, 4) is 0 Å². The van der Waals surface area contributed by atoms with Crippen molar-refractivity contribution in [2.45, 2.75) is 77.6 Å². The van der Waals surface area contributed by atoms with E-state index in [1.54, 1.807) is 0 Å². The van der Waals surface area contributed by atoms with Gasteiger partial charge in [-0.3, -0.25) is 9.59 Å². The van der Waals surface area contributed by atoms with E-state index in [0.717, 1.165) is 19.3 Å². The number of carbonyl (C=O) groups is 2. The zero-order chi connectivity index (χ0) is 20.0. The number of ether oxygens (including phenoxy) is 1. The lowest BCUT2D eigenvalue weighted by Crippen LogP contribution is -2.35. The summed E-state index contributed by atoms with van der Waals surface area (Å²) in [6, 6.07) is 7.05. The molecule has 0 radical (unpaired) electrons. The molecule has 0 aliphatic heterocycles. The standard InChI is InChI=1S/C23H35NO3/c1-16(2)18-11-12-20-19(14-18)10-9-17(3)23(20,4)13-7-6-8-21(25)24-15-22(26)27-5/h11-12,14,16-17H,6-10,13,15H2,1-5H3,(H,24,25)/t17-,23+/m1/s1. The van der Waals surface area contributed by atoms with Gasteiger partial charge in [-0.25, -0.2) is 0 Å². The molecular weight excluding hydrogens is 338 g/mol. The molecule has 1 aromatic rings. The Morgan fingerprint density at radius 3 is 2.70 bits per heavy atom. The van der Waals surface area contributed by atoms with Crippen molar-refractivity contribution < 1.29 is 14.3 Å². The van der Waals surface area contributed by atoms with Crippen LogP contribution in [0.2, 0.25) is 0 Å².